The Balaban J connectivity index is 0.00000417. The molecule has 0 aliphatic rings. The van der Waals surface area contributed by atoms with Crippen molar-refractivity contribution in [2.45, 2.75) is 61.3 Å². The van der Waals surface area contributed by atoms with Gasteiger partial charge in [0.05, 0.1) is 6.20 Å². The molecule has 0 aliphatic heterocycles. The van der Waals surface area contributed by atoms with Crippen LogP contribution in [0.15, 0.2) is 91.4 Å². The van der Waals surface area contributed by atoms with Crippen LogP contribution in [0, 0.1) is 44.7 Å². The number of hydrogen-bond acceptors (Lipinski definition) is 3. The van der Waals surface area contributed by atoms with Crippen molar-refractivity contribution in [1.29, 1.82) is 0 Å². The fourth-order valence-electron chi connectivity index (χ4n) is 6.87. The number of hydrogen-bond donors (Lipinski definition) is 0. The smallest absolute Gasteiger partial charge is 0.509 e. The van der Waals surface area contributed by atoms with Crippen LogP contribution in [0.1, 0.15) is 55.5 Å². The standard InChI is InChI=1S/C43H42N4O.Pt/c1-27(2)16-32-18-30(6)19-33(17-28(3)4)43(32)34-25-45-46(26-34)35-20-31(7)21-37(23-35)48-36-12-13-39-38-10-8-9-11-40(38)47(41(39)24-36)42-22-29(5)14-15-44-42;/h8-15,18-22,25-28H,16-17H2,1-7H3;/q-2;+2. The Morgan fingerprint density at radius 3 is 2.16 bits per heavy atom. The number of aryl methyl sites for hydroxylation is 3. The van der Waals surface area contributed by atoms with Gasteiger partial charge in [-0.05, 0) is 90.1 Å². The normalized spacial score (nSPS) is 11.5. The van der Waals surface area contributed by atoms with E-state index in [4.69, 9.17) is 14.8 Å². The first-order chi connectivity index (χ1) is 23.1. The molecule has 5 nitrogen and oxygen atoms in total. The maximum atomic E-state index is 6.48. The minimum absolute atomic E-state index is 0. The van der Waals surface area contributed by atoms with Gasteiger partial charge in [0.25, 0.3) is 0 Å². The molecule has 6 heteroatoms. The molecule has 7 rings (SSSR count). The van der Waals surface area contributed by atoms with Crippen molar-refractivity contribution in [2.24, 2.45) is 11.8 Å². The number of pyridine rings is 1. The van der Waals surface area contributed by atoms with E-state index in [-0.39, 0.29) is 21.1 Å². The third-order valence-electron chi connectivity index (χ3n) is 8.70. The number of para-hydroxylation sites is 1. The Bertz CT molecular complexity index is 2250. The van der Waals surface area contributed by atoms with Gasteiger partial charge in [-0.2, -0.15) is 16.7 Å². The van der Waals surface area contributed by atoms with Gasteiger partial charge in [0, 0.05) is 35.0 Å². The van der Waals surface area contributed by atoms with Gasteiger partial charge in [0.2, 0.25) is 0 Å². The molecule has 0 spiro atoms. The number of rotatable bonds is 9. The predicted molar refractivity (Wildman–Crippen MR) is 197 cm³/mol. The van der Waals surface area contributed by atoms with Gasteiger partial charge in [0.15, 0.2) is 0 Å². The van der Waals surface area contributed by atoms with Crippen LogP contribution in [0.25, 0.3) is 44.4 Å². The molecule has 0 saturated carbocycles. The Morgan fingerprint density at radius 2 is 1.45 bits per heavy atom. The van der Waals surface area contributed by atoms with Crippen molar-refractivity contribution in [3.05, 3.63) is 131 Å². The summed E-state index contributed by atoms with van der Waals surface area (Å²) in [6.07, 6.45) is 8.04. The second-order valence-electron chi connectivity index (χ2n) is 14.0. The van der Waals surface area contributed by atoms with Gasteiger partial charge >= 0.3 is 21.1 Å². The Kier molecular flexibility index (Phi) is 9.95. The molecule has 3 heterocycles. The van der Waals surface area contributed by atoms with E-state index in [0.717, 1.165) is 62.8 Å². The summed E-state index contributed by atoms with van der Waals surface area (Å²) in [6, 6.07) is 32.4. The maximum absolute atomic E-state index is 6.48. The van der Waals surface area contributed by atoms with Gasteiger partial charge in [0.1, 0.15) is 5.82 Å². The van der Waals surface area contributed by atoms with E-state index in [0.29, 0.717) is 23.3 Å². The molecular formula is C43H42N4OPt. The molecule has 49 heavy (non-hydrogen) atoms. The van der Waals surface area contributed by atoms with E-state index >= 15 is 0 Å². The van der Waals surface area contributed by atoms with E-state index in [2.05, 4.69) is 126 Å². The molecule has 3 aromatic heterocycles. The molecule has 7 aromatic rings. The SMILES string of the molecule is Cc1cc(Oc2[c-]c3c(cc2)c2ccccc2n3-c2cc(C)ccn2)[c-]c(-n2cc(-c3c(CC(C)C)cc(C)cc3CC(C)C)cn2)c1.[Pt+2]. The van der Waals surface area contributed by atoms with Crippen molar-refractivity contribution < 1.29 is 25.8 Å². The summed E-state index contributed by atoms with van der Waals surface area (Å²) in [5.41, 5.74) is 11.6. The van der Waals surface area contributed by atoms with Crippen molar-refractivity contribution in [3.63, 3.8) is 0 Å². The summed E-state index contributed by atoms with van der Waals surface area (Å²) in [5, 5.41) is 7.10. The molecule has 0 aliphatic carbocycles. The van der Waals surface area contributed by atoms with Crippen molar-refractivity contribution >= 4 is 21.8 Å². The Labute approximate surface area is 304 Å². The number of ether oxygens (including phenoxy) is 1. The molecular weight excluding hydrogens is 784 g/mol. The zero-order chi connectivity index (χ0) is 33.5. The zero-order valence-corrected chi connectivity index (χ0v) is 31.5. The van der Waals surface area contributed by atoms with E-state index in [1.54, 1.807) is 0 Å². The zero-order valence-electron chi connectivity index (χ0n) is 29.2. The summed E-state index contributed by atoms with van der Waals surface area (Å²) in [5.74, 6) is 3.20. The summed E-state index contributed by atoms with van der Waals surface area (Å²) < 4.78 is 10.6. The Morgan fingerprint density at radius 1 is 0.735 bits per heavy atom. The number of benzene rings is 4. The molecule has 4 aromatic carbocycles. The second-order valence-corrected chi connectivity index (χ2v) is 14.0. The van der Waals surface area contributed by atoms with Gasteiger partial charge < -0.3 is 9.30 Å². The van der Waals surface area contributed by atoms with Crippen LogP contribution in [-0.4, -0.2) is 19.3 Å². The monoisotopic (exact) mass is 825 g/mol. The van der Waals surface area contributed by atoms with Crippen LogP contribution < -0.4 is 4.74 Å². The molecule has 0 amide bonds. The van der Waals surface area contributed by atoms with Crippen LogP contribution in [0.5, 0.6) is 11.5 Å². The predicted octanol–water partition coefficient (Wildman–Crippen LogP) is 10.7. The fourth-order valence-corrected chi connectivity index (χ4v) is 6.87. The first-order valence-electron chi connectivity index (χ1n) is 16.9. The molecule has 0 N–H and O–H groups in total. The molecule has 0 bridgehead atoms. The van der Waals surface area contributed by atoms with Crippen molar-refractivity contribution in [1.82, 2.24) is 19.3 Å². The van der Waals surface area contributed by atoms with Gasteiger partial charge in [-0.15, -0.1) is 35.7 Å². The van der Waals surface area contributed by atoms with Crippen molar-refractivity contribution in [3.8, 4) is 34.1 Å². The molecule has 0 fully saturated rings. The van der Waals surface area contributed by atoms with Crippen LogP contribution in [-0.2, 0) is 33.9 Å². The molecule has 0 saturated heterocycles. The topological polar surface area (TPSA) is 44.9 Å². The molecule has 250 valence electrons. The summed E-state index contributed by atoms with van der Waals surface area (Å²) in [7, 11) is 0. The number of nitrogens with zero attached hydrogens (tertiary/aromatic N) is 4. The van der Waals surface area contributed by atoms with Crippen LogP contribution in [0.4, 0.5) is 0 Å². The van der Waals surface area contributed by atoms with Crippen LogP contribution in [0.3, 0.4) is 0 Å². The minimum atomic E-state index is 0. The molecule has 0 unspecified atom stereocenters. The first-order valence-corrected chi connectivity index (χ1v) is 16.9. The number of aromatic nitrogens is 4. The summed E-state index contributed by atoms with van der Waals surface area (Å²) >= 11 is 0. The van der Waals surface area contributed by atoms with Gasteiger partial charge in [-0.1, -0.05) is 76.0 Å². The minimum Gasteiger partial charge on any atom is -0.509 e. The van der Waals surface area contributed by atoms with E-state index < -0.39 is 0 Å². The number of fused-ring (bicyclic) bond motifs is 3. The van der Waals surface area contributed by atoms with Gasteiger partial charge in [-0.25, -0.2) is 4.98 Å². The van der Waals surface area contributed by atoms with Crippen molar-refractivity contribution in [2.75, 3.05) is 0 Å². The summed E-state index contributed by atoms with van der Waals surface area (Å²) in [6.45, 7) is 15.5. The molecule has 0 radical (unpaired) electrons. The average Bonchev–Trinajstić information content (AvgIpc) is 3.63. The van der Waals surface area contributed by atoms with Gasteiger partial charge in [-0.3, -0.25) is 4.68 Å². The third kappa shape index (κ3) is 7.14. The quantitative estimate of drug-likeness (QED) is 0.136. The van der Waals surface area contributed by atoms with E-state index in [9.17, 15) is 0 Å². The Hall–Kier alpha value is -4.47. The third-order valence-corrected chi connectivity index (χ3v) is 8.70. The maximum Gasteiger partial charge on any atom is 2.00 e. The van der Waals surface area contributed by atoms with Crippen LogP contribution in [0.2, 0.25) is 0 Å². The average molecular weight is 826 g/mol. The van der Waals surface area contributed by atoms with E-state index in [1.807, 2.05) is 35.3 Å². The second kappa shape index (κ2) is 14.2. The van der Waals surface area contributed by atoms with E-state index in [1.165, 1.54) is 22.3 Å². The largest absolute Gasteiger partial charge is 2.00 e. The summed E-state index contributed by atoms with van der Waals surface area (Å²) in [4.78, 5) is 4.71. The first kappa shape index (κ1) is 34.4. The fraction of sp³-hybridized carbons (Fsp3) is 0.256. The van der Waals surface area contributed by atoms with Crippen LogP contribution >= 0.6 is 0 Å². The molecule has 0 atom stereocenters.